The van der Waals surface area contributed by atoms with E-state index in [1.54, 1.807) is 0 Å². The van der Waals surface area contributed by atoms with E-state index in [-0.39, 0.29) is 25.6 Å². The van der Waals surface area contributed by atoms with Gasteiger partial charge in [0.15, 0.2) is 0 Å². The van der Waals surface area contributed by atoms with Crippen molar-refractivity contribution in [3.05, 3.63) is 12.2 Å². The van der Waals surface area contributed by atoms with E-state index in [1.165, 1.54) is 12.2 Å². The Bertz CT molecular complexity index is 384. The van der Waals surface area contributed by atoms with Crippen molar-refractivity contribution in [2.24, 2.45) is 0 Å². The molecule has 0 fully saturated rings. The van der Waals surface area contributed by atoms with Crippen LogP contribution in [0.3, 0.4) is 0 Å². The van der Waals surface area contributed by atoms with Gasteiger partial charge >= 0.3 is 5.97 Å². The summed E-state index contributed by atoms with van der Waals surface area (Å²) in [6.45, 7) is 6.67. The maximum atomic E-state index is 11.4. The molecular formula is C13H22N2O4. The van der Waals surface area contributed by atoms with E-state index in [9.17, 15) is 14.4 Å². The maximum Gasteiger partial charge on any atom is 0.307 e. The molecule has 1 aliphatic heterocycles. The number of rotatable bonds is 6. The van der Waals surface area contributed by atoms with Crippen molar-refractivity contribution in [2.45, 2.75) is 32.8 Å². The second kappa shape index (κ2) is 6.47. The zero-order valence-corrected chi connectivity index (χ0v) is 11.6. The van der Waals surface area contributed by atoms with Crippen LogP contribution in [-0.4, -0.2) is 47.9 Å². The number of amides is 2. The molecule has 6 nitrogen and oxygen atoms in total. The van der Waals surface area contributed by atoms with Crippen molar-refractivity contribution in [3.8, 4) is 0 Å². The first-order valence-electron chi connectivity index (χ1n) is 6.26. The molecule has 2 amide bonds. The molecule has 19 heavy (non-hydrogen) atoms. The minimum absolute atomic E-state index is 0. The summed E-state index contributed by atoms with van der Waals surface area (Å²) in [6, 6.07) is 0. The van der Waals surface area contributed by atoms with Gasteiger partial charge in [-0.1, -0.05) is 0 Å². The molecular weight excluding hydrogens is 248 g/mol. The van der Waals surface area contributed by atoms with Crippen LogP contribution in [0.2, 0.25) is 0 Å². The lowest BCUT2D eigenvalue weighted by molar-refractivity contribution is -0.154. The molecule has 1 heterocycles. The summed E-state index contributed by atoms with van der Waals surface area (Å²) in [5, 5.41) is 3.00. The molecule has 0 unspecified atom stereocenters. The van der Waals surface area contributed by atoms with Gasteiger partial charge in [-0.3, -0.25) is 19.3 Å². The molecule has 0 saturated carbocycles. The second-order valence-electron chi connectivity index (χ2n) is 5.25. The van der Waals surface area contributed by atoms with Gasteiger partial charge in [0.1, 0.15) is 5.60 Å². The van der Waals surface area contributed by atoms with Gasteiger partial charge in [0.05, 0.1) is 6.42 Å². The van der Waals surface area contributed by atoms with E-state index >= 15 is 0 Å². The van der Waals surface area contributed by atoms with E-state index in [0.29, 0.717) is 19.6 Å². The molecule has 0 aromatic heterocycles. The third-order valence-corrected chi connectivity index (χ3v) is 2.34. The van der Waals surface area contributed by atoms with Gasteiger partial charge in [0.2, 0.25) is 0 Å². The Balaban J connectivity index is 0.00000361. The van der Waals surface area contributed by atoms with Crippen molar-refractivity contribution < 1.29 is 20.5 Å². The zero-order chi connectivity index (χ0) is 14.5. The van der Waals surface area contributed by atoms with E-state index < -0.39 is 5.60 Å². The van der Waals surface area contributed by atoms with Crippen LogP contribution in [-0.2, 0) is 19.1 Å². The summed E-state index contributed by atoms with van der Waals surface area (Å²) in [5.41, 5.74) is -0.475. The van der Waals surface area contributed by atoms with E-state index in [1.807, 2.05) is 20.8 Å². The smallest absolute Gasteiger partial charge is 0.307 e. The van der Waals surface area contributed by atoms with Crippen LogP contribution < -0.4 is 5.32 Å². The molecule has 0 aromatic carbocycles. The van der Waals surface area contributed by atoms with Gasteiger partial charge in [0, 0.05) is 33.2 Å². The number of nitrogens with zero attached hydrogens (tertiary/aromatic N) is 1. The zero-order valence-electron chi connectivity index (χ0n) is 11.6. The van der Waals surface area contributed by atoms with Crippen LogP contribution in [0.5, 0.6) is 0 Å². The van der Waals surface area contributed by atoms with Gasteiger partial charge in [0.25, 0.3) is 11.8 Å². The lowest BCUT2D eigenvalue weighted by Crippen LogP contribution is -2.37. The van der Waals surface area contributed by atoms with Crippen LogP contribution in [0.4, 0.5) is 0 Å². The molecule has 108 valence electrons. The first kappa shape index (κ1) is 15.4. The highest BCUT2D eigenvalue weighted by atomic mass is 16.6. The number of hydrogen-bond acceptors (Lipinski definition) is 5. The lowest BCUT2D eigenvalue weighted by Gasteiger charge is -2.19. The Kier molecular flexibility index (Phi) is 5.23. The Labute approximate surface area is 114 Å². The van der Waals surface area contributed by atoms with Crippen molar-refractivity contribution in [1.29, 1.82) is 0 Å². The normalized spacial score (nSPS) is 15.2. The molecule has 0 saturated heterocycles. The number of nitrogens with one attached hydrogen (secondary N) is 1. The summed E-state index contributed by atoms with van der Waals surface area (Å²) in [6.07, 6.45) is 2.77. The predicted molar refractivity (Wildman–Crippen MR) is 71.3 cm³/mol. The molecule has 0 radical (unpaired) electrons. The highest BCUT2D eigenvalue weighted by molar-refractivity contribution is 6.12. The van der Waals surface area contributed by atoms with Crippen LogP contribution in [0.25, 0.3) is 0 Å². The SMILES string of the molecule is CC(C)(C)OC(=O)CCNCCN1C(=O)C=CC1=O.[HH]. The van der Waals surface area contributed by atoms with Crippen molar-refractivity contribution in [3.63, 3.8) is 0 Å². The predicted octanol–water partition coefficient (Wildman–Crippen LogP) is 0.479. The summed E-state index contributed by atoms with van der Waals surface area (Å²) in [5.74, 6) is -0.854. The average Bonchev–Trinajstić information content (AvgIpc) is 2.57. The van der Waals surface area contributed by atoms with E-state index in [0.717, 1.165) is 4.90 Å². The Hall–Kier alpha value is -1.69. The van der Waals surface area contributed by atoms with Gasteiger partial charge in [-0.15, -0.1) is 0 Å². The minimum Gasteiger partial charge on any atom is -0.460 e. The largest absolute Gasteiger partial charge is 0.460 e. The molecule has 6 heteroatoms. The first-order valence-corrected chi connectivity index (χ1v) is 6.26. The molecule has 0 spiro atoms. The number of ether oxygens (including phenoxy) is 1. The van der Waals surface area contributed by atoms with Crippen LogP contribution in [0.15, 0.2) is 12.2 Å². The molecule has 0 atom stereocenters. The van der Waals surface area contributed by atoms with Crippen molar-refractivity contribution in [2.75, 3.05) is 19.6 Å². The van der Waals surface area contributed by atoms with Gasteiger partial charge < -0.3 is 10.1 Å². The number of hydrogen-bond donors (Lipinski definition) is 1. The Morgan fingerprint density at radius 1 is 1.26 bits per heavy atom. The summed E-state index contributed by atoms with van der Waals surface area (Å²) in [4.78, 5) is 35.0. The number of carbonyl (C=O) groups is 3. The third-order valence-electron chi connectivity index (χ3n) is 2.34. The third kappa shape index (κ3) is 5.65. The van der Waals surface area contributed by atoms with Crippen LogP contribution >= 0.6 is 0 Å². The highest BCUT2D eigenvalue weighted by Crippen LogP contribution is 2.07. The van der Waals surface area contributed by atoms with Crippen LogP contribution in [0, 0.1) is 0 Å². The fourth-order valence-electron chi connectivity index (χ4n) is 1.55. The molecule has 1 rings (SSSR count). The quantitative estimate of drug-likeness (QED) is 0.431. The number of esters is 1. The van der Waals surface area contributed by atoms with Crippen LogP contribution in [0.1, 0.15) is 28.6 Å². The first-order chi connectivity index (χ1) is 8.79. The molecule has 1 aliphatic rings. The second-order valence-corrected chi connectivity index (χ2v) is 5.25. The van der Waals surface area contributed by atoms with Crippen molar-refractivity contribution in [1.82, 2.24) is 10.2 Å². The lowest BCUT2D eigenvalue weighted by atomic mass is 10.2. The molecule has 0 bridgehead atoms. The molecule has 0 aromatic rings. The fraction of sp³-hybridized carbons (Fsp3) is 0.615. The minimum atomic E-state index is -0.475. The standard InChI is InChI=1S/C13H20N2O4.H2/c1-13(2,3)19-12(18)6-7-14-8-9-15-10(16)4-5-11(15)17;/h4-5,14H,6-9H2,1-3H3;1H. The summed E-state index contributed by atoms with van der Waals surface area (Å²) < 4.78 is 5.14. The van der Waals surface area contributed by atoms with Gasteiger partial charge in [-0.2, -0.15) is 0 Å². The van der Waals surface area contributed by atoms with Crippen molar-refractivity contribution >= 4 is 17.8 Å². The number of imide groups is 1. The molecule has 1 N–H and O–H groups in total. The fourth-order valence-corrected chi connectivity index (χ4v) is 1.55. The monoisotopic (exact) mass is 270 g/mol. The Morgan fingerprint density at radius 2 is 1.84 bits per heavy atom. The maximum absolute atomic E-state index is 11.4. The highest BCUT2D eigenvalue weighted by Gasteiger charge is 2.22. The summed E-state index contributed by atoms with van der Waals surface area (Å²) >= 11 is 0. The van der Waals surface area contributed by atoms with E-state index in [2.05, 4.69) is 5.32 Å². The van der Waals surface area contributed by atoms with Gasteiger partial charge in [-0.25, -0.2) is 0 Å². The topological polar surface area (TPSA) is 75.7 Å². The average molecular weight is 270 g/mol. The van der Waals surface area contributed by atoms with Gasteiger partial charge in [-0.05, 0) is 20.8 Å². The Morgan fingerprint density at radius 3 is 2.37 bits per heavy atom. The number of carbonyl (C=O) groups excluding carboxylic acids is 3. The summed E-state index contributed by atoms with van der Waals surface area (Å²) in [7, 11) is 0. The molecule has 0 aliphatic carbocycles. The van der Waals surface area contributed by atoms with E-state index in [4.69, 9.17) is 4.74 Å².